The minimum absolute atomic E-state index is 0.0549. The number of epoxide rings is 1. The number of aldehydes is 1. The summed E-state index contributed by atoms with van der Waals surface area (Å²) in [5.74, 6) is -0.355. The highest BCUT2D eigenvalue weighted by atomic mass is 35.5. The summed E-state index contributed by atoms with van der Waals surface area (Å²) in [7, 11) is 0. The van der Waals surface area contributed by atoms with Crippen molar-refractivity contribution in [1.29, 1.82) is 0 Å². The third kappa shape index (κ3) is 5.39. The van der Waals surface area contributed by atoms with E-state index in [0.29, 0.717) is 24.4 Å². The van der Waals surface area contributed by atoms with Gasteiger partial charge in [0, 0.05) is 5.56 Å². The van der Waals surface area contributed by atoms with Gasteiger partial charge < -0.3 is 14.9 Å². The first-order chi connectivity index (χ1) is 13.1. The maximum absolute atomic E-state index is 11.2. The van der Waals surface area contributed by atoms with Crippen LogP contribution in [0.15, 0.2) is 23.3 Å². The number of phenolic OH excluding ortho intramolecular Hbond substituents is 2. The van der Waals surface area contributed by atoms with E-state index in [1.807, 2.05) is 13.0 Å². The fourth-order valence-corrected chi connectivity index (χ4v) is 3.56. The van der Waals surface area contributed by atoms with Crippen molar-refractivity contribution in [2.75, 3.05) is 0 Å². The number of carbonyl (C=O) groups excluding carboxylic acids is 1. The van der Waals surface area contributed by atoms with Crippen molar-refractivity contribution in [2.45, 2.75) is 78.4 Å². The number of aromatic hydroxyl groups is 2. The molecule has 1 aliphatic heterocycles. The molecular formula is C23H31ClO4. The Hall–Kier alpha value is -1.78. The van der Waals surface area contributed by atoms with Crippen LogP contribution in [0, 0.1) is 6.92 Å². The largest absolute Gasteiger partial charge is 0.507 e. The molecule has 154 valence electrons. The fourth-order valence-electron chi connectivity index (χ4n) is 3.34. The summed E-state index contributed by atoms with van der Waals surface area (Å²) in [6, 6.07) is 0. The van der Waals surface area contributed by atoms with Crippen LogP contribution < -0.4 is 0 Å². The van der Waals surface area contributed by atoms with Crippen LogP contribution in [0.5, 0.6) is 11.5 Å². The number of rotatable bonds is 9. The average molecular weight is 407 g/mol. The smallest absolute Gasteiger partial charge is 0.154 e. The molecule has 2 N–H and O–H groups in total. The molecule has 0 aliphatic carbocycles. The molecule has 1 heterocycles. The molecule has 0 aromatic heterocycles. The fraction of sp³-hybridized carbons (Fsp3) is 0.522. The van der Waals surface area contributed by atoms with Gasteiger partial charge in [-0.3, -0.25) is 4.79 Å². The van der Waals surface area contributed by atoms with E-state index in [4.69, 9.17) is 16.3 Å². The molecule has 0 spiro atoms. The zero-order valence-electron chi connectivity index (χ0n) is 17.4. The van der Waals surface area contributed by atoms with E-state index in [-0.39, 0.29) is 33.2 Å². The van der Waals surface area contributed by atoms with Crippen LogP contribution in [0.1, 0.15) is 74.9 Å². The highest BCUT2D eigenvalue weighted by Crippen LogP contribution is 2.40. The molecule has 1 aliphatic rings. The summed E-state index contributed by atoms with van der Waals surface area (Å²) in [6.07, 6.45) is 9.44. The topological polar surface area (TPSA) is 70.1 Å². The Labute approximate surface area is 172 Å². The molecule has 1 fully saturated rings. The van der Waals surface area contributed by atoms with Crippen molar-refractivity contribution in [3.05, 3.63) is 45.0 Å². The Morgan fingerprint density at radius 3 is 2.32 bits per heavy atom. The van der Waals surface area contributed by atoms with Gasteiger partial charge in [-0.2, -0.15) is 0 Å². The second-order valence-corrected chi connectivity index (χ2v) is 8.62. The Morgan fingerprint density at radius 2 is 1.75 bits per heavy atom. The van der Waals surface area contributed by atoms with Crippen LogP contribution in [0.3, 0.4) is 0 Å². The van der Waals surface area contributed by atoms with Crippen LogP contribution in [-0.2, 0) is 11.2 Å². The summed E-state index contributed by atoms with van der Waals surface area (Å²) in [5, 5.41) is 20.6. The molecule has 0 unspecified atom stereocenters. The summed E-state index contributed by atoms with van der Waals surface area (Å²) in [5.41, 5.74) is 3.38. The van der Waals surface area contributed by atoms with Gasteiger partial charge in [0.15, 0.2) is 6.29 Å². The minimum atomic E-state index is -0.195. The molecule has 1 aromatic rings. The first kappa shape index (κ1) is 22.5. The molecule has 28 heavy (non-hydrogen) atoms. The lowest BCUT2D eigenvalue weighted by molar-refractivity contribution is 0.112. The SMILES string of the molecule is C/C(=C\Cc1c(O)c(Cl)c(C)c(C=O)c1O)CC/C=C(\C)CC[C@H]1OC1(C)C. The molecule has 0 bridgehead atoms. The number of hydrogen-bond acceptors (Lipinski definition) is 4. The summed E-state index contributed by atoms with van der Waals surface area (Å²) >= 11 is 6.09. The van der Waals surface area contributed by atoms with E-state index in [0.717, 1.165) is 31.3 Å². The van der Waals surface area contributed by atoms with Gasteiger partial charge in [0.2, 0.25) is 0 Å². The van der Waals surface area contributed by atoms with Crippen LogP contribution >= 0.6 is 11.6 Å². The Bertz CT molecular complexity index is 806. The third-order valence-electron chi connectivity index (χ3n) is 5.54. The van der Waals surface area contributed by atoms with Crippen molar-refractivity contribution in [3.63, 3.8) is 0 Å². The van der Waals surface area contributed by atoms with Gasteiger partial charge in [0.1, 0.15) is 11.5 Å². The molecule has 2 rings (SSSR count). The van der Waals surface area contributed by atoms with Gasteiger partial charge in [0.05, 0.1) is 22.3 Å². The minimum Gasteiger partial charge on any atom is -0.507 e. The second-order valence-electron chi connectivity index (χ2n) is 8.24. The summed E-state index contributed by atoms with van der Waals surface area (Å²) < 4.78 is 5.61. The van der Waals surface area contributed by atoms with Gasteiger partial charge in [0.25, 0.3) is 0 Å². The van der Waals surface area contributed by atoms with Crippen LogP contribution in [-0.4, -0.2) is 28.2 Å². The normalized spacial score (nSPS) is 19.0. The monoisotopic (exact) mass is 406 g/mol. The molecule has 1 atom stereocenters. The van der Waals surface area contributed by atoms with Gasteiger partial charge in [-0.05, 0) is 72.3 Å². The van der Waals surface area contributed by atoms with Gasteiger partial charge in [-0.25, -0.2) is 0 Å². The Balaban J connectivity index is 1.91. The van der Waals surface area contributed by atoms with Gasteiger partial charge >= 0.3 is 0 Å². The highest BCUT2D eigenvalue weighted by molar-refractivity contribution is 6.33. The number of carbonyl (C=O) groups is 1. The number of phenols is 2. The van der Waals surface area contributed by atoms with E-state index in [9.17, 15) is 15.0 Å². The lowest BCUT2D eigenvalue weighted by Gasteiger charge is -2.13. The number of hydrogen-bond donors (Lipinski definition) is 2. The summed E-state index contributed by atoms with van der Waals surface area (Å²) in [6.45, 7) is 10.0. The second kappa shape index (κ2) is 9.15. The number of halogens is 1. The quantitative estimate of drug-likeness (QED) is 0.297. The van der Waals surface area contributed by atoms with E-state index in [2.05, 4.69) is 26.8 Å². The molecule has 0 saturated carbocycles. The van der Waals surface area contributed by atoms with Crippen molar-refractivity contribution in [2.24, 2.45) is 0 Å². The maximum Gasteiger partial charge on any atom is 0.154 e. The zero-order chi connectivity index (χ0) is 21.1. The van der Waals surface area contributed by atoms with Gasteiger partial charge in [-0.15, -0.1) is 0 Å². The van der Waals surface area contributed by atoms with Crippen LogP contribution in [0.2, 0.25) is 5.02 Å². The lowest BCUT2D eigenvalue weighted by atomic mass is 9.98. The van der Waals surface area contributed by atoms with E-state index in [1.165, 1.54) is 5.57 Å². The summed E-state index contributed by atoms with van der Waals surface area (Å²) in [4.78, 5) is 11.2. The molecule has 1 saturated heterocycles. The van der Waals surface area contributed by atoms with Crippen molar-refractivity contribution in [3.8, 4) is 11.5 Å². The van der Waals surface area contributed by atoms with E-state index >= 15 is 0 Å². The number of benzene rings is 1. The van der Waals surface area contributed by atoms with Crippen LogP contribution in [0.25, 0.3) is 0 Å². The molecule has 1 aromatic carbocycles. The zero-order valence-corrected chi connectivity index (χ0v) is 18.2. The van der Waals surface area contributed by atoms with Crippen molar-refractivity contribution >= 4 is 17.9 Å². The lowest BCUT2D eigenvalue weighted by Crippen LogP contribution is -2.02. The number of allylic oxidation sites excluding steroid dienone is 4. The average Bonchev–Trinajstić information content (AvgIpc) is 3.25. The standard InChI is InChI=1S/C23H31ClO4/c1-14(7-6-8-15(2)10-12-19-23(4,5)28-19)9-11-17-21(26)18(13-25)16(3)20(24)22(17)27/h8-9,13,19,26-27H,6-7,10-12H2,1-5H3/b14-9+,15-8+/t19-/m1/s1. The first-order valence-corrected chi connectivity index (χ1v) is 10.1. The maximum atomic E-state index is 11.2. The van der Waals surface area contributed by atoms with E-state index < -0.39 is 0 Å². The number of ether oxygens (including phenoxy) is 1. The van der Waals surface area contributed by atoms with Crippen molar-refractivity contribution in [1.82, 2.24) is 0 Å². The molecule has 5 heteroatoms. The predicted molar refractivity (Wildman–Crippen MR) is 114 cm³/mol. The molecule has 0 amide bonds. The predicted octanol–water partition coefficient (Wildman–Crippen LogP) is 6.05. The van der Waals surface area contributed by atoms with Crippen molar-refractivity contribution < 1.29 is 19.7 Å². The Morgan fingerprint density at radius 1 is 1.14 bits per heavy atom. The highest BCUT2D eigenvalue weighted by Gasteiger charge is 2.46. The molecule has 0 radical (unpaired) electrons. The molecular weight excluding hydrogens is 376 g/mol. The molecule has 4 nitrogen and oxygen atoms in total. The van der Waals surface area contributed by atoms with Crippen LogP contribution in [0.4, 0.5) is 0 Å². The third-order valence-corrected chi connectivity index (χ3v) is 6.00. The Kier molecular flexibility index (Phi) is 7.35. The first-order valence-electron chi connectivity index (χ1n) is 9.75. The van der Waals surface area contributed by atoms with Gasteiger partial charge in [-0.1, -0.05) is 34.9 Å². The van der Waals surface area contributed by atoms with E-state index in [1.54, 1.807) is 6.92 Å².